The molecular weight excluding hydrogens is 218 g/mol. The zero-order valence-electron chi connectivity index (χ0n) is 10.3. The fourth-order valence-electron chi connectivity index (χ4n) is 2.20. The molecule has 1 aromatic rings. The van der Waals surface area contributed by atoms with Gasteiger partial charge in [0.15, 0.2) is 0 Å². The standard InChI is InChI=1S/C11H19N5O/c1-15-5-3-8(4-6-15)16(2)11(17)9-7-13-14-10(9)12/h7-8H,3-6H2,1-2H3,(H3,12,13,14). The Kier molecular flexibility index (Phi) is 3.33. The predicted molar refractivity (Wildman–Crippen MR) is 65.6 cm³/mol. The van der Waals surface area contributed by atoms with Gasteiger partial charge in [-0.25, -0.2) is 0 Å². The number of nitrogens with one attached hydrogen (secondary N) is 1. The first-order valence-electron chi connectivity index (χ1n) is 5.84. The number of rotatable bonds is 2. The van der Waals surface area contributed by atoms with Crippen LogP contribution in [-0.2, 0) is 0 Å². The lowest BCUT2D eigenvalue weighted by Crippen LogP contribution is -2.44. The number of aromatic amines is 1. The number of piperidine rings is 1. The summed E-state index contributed by atoms with van der Waals surface area (Å²) in [5.41, 5.74) is 6.12. The third-order valence-electron chi connectivity index (χ3n) is 3.46. The molecular formula is C11H19N5O. The van der Waals surface area contributed by atoms with Crippen molar-refractivity contribution in [2.24, 2.45) is 0 Å². The average Bonchev–Trinajstić information content (AvgIpc) is 2.74. The van der Waals surface area contributed by atoms with Crippen LogP contribution in [0.5, 0.6) is 0 Å². The fourth-order valence-corrected chi connectivity index (χ4v) is 2.20. The summed E-state index contributed by atoms with van der Waals surface area (Å²) in [7, 11) is 3.94. The SMILES string of the molecule is CN1CCC(N(C)C(=O)c2cn[nH]c2N)CC1. The smallest absolute Gasteiger partial charge is 0.259 e. The number of aromatic nitrogens is 2. The molecule has 1 aliphatic rings. The molecule has 94 valence electrons. The van der Waals surface area contributed by atoms with Gasteiger partial charge in [0, 0.05) is 13.1 Å². The second-order valence-electron chi connectivity index (χ2n) is 4.65. The van der Waals surface area contributed by atoms with Gasteiger partial charge in [-0.05, 0) is 33.0 Å². The van der Waals surface area contributed by atoms with Gasteiger partial charge >= 0.3 is 0 Å². The van der Waals surface area contributed by atoms with Crippen LogP contribution < -0.4 is 5.73 Å². The number of anilines is 1. The molecule has 1 saturated heterocycles. The van der Waals surface area contributed by atoms with E-state index in [1.165, 1.54) is 6.20 Å². The van der Waals surface area contributed by atoms with Gasteiger partial charge in [-0.1, -0.05) is 0 Å². The Morgan fingerprint density at radius 3 is 2.76 bits per heavy atom. The minimum Gasteiger partial charge on any atom is -0.383 e. The minimum atomic E-state index is -0.0502. The number of hydrogen-bond acceptors (Lipinski definition) is 4. The zero-order chi connectivity index (χ0) is 12.4. The molecule has 6 nitrogen and oxygen atoms in total. The second-order valence-corrected chi connectivity index (χ2v) is 4.65. The van der Waals surface area contributed by atoms with Gasteiger partial charge in [0.05, 0.1) is 6.20 Å². The van der Waals surface area contributed by atoms with Crippen molar-refractivity contribution in [1.29, 1.82) is 0 Å². The summed E-state index contributed by atoms with van der Waals surface area (Å²) in [6.45, 7) is 2.06. The van der Waals surface area contributed by atoms with Crippen LogP contribution in [0.25, 0.3) is 0 Å². The van der Waals surface area contributed by atoms with Crippen LogP contribution in [0.2, 0.25) is 0 Å². The average molecular weight is 237 g/mol. The van der Waals surface area contributed by atoms with E-state index in [0.29, 0.717) is 17.4 Å². The molecule has 1 aromatic heterocycles. The molecule has 0 atom stereocenters. The molecule has 0 aromatic carbocycles. The van der Waals surface area contributed by atoms with Crippen LogP contribution >= 0.6 is 0 Å². The predicted octanol–water partition coefficient (Wildman–Crippen LogP) is 0.158. The molecule has 0 saturated carbocycles. The summed E-state index contributed by atoms with van der Waals surface area (Å²) in [5.74, 6) is 0.292. The molecule has 0 aliphatic carbocycles. The van der Waals surface area contributed by atoms with Crippen LogP contribution in [0.3, 0.4) is 0 Å². The number of hydrogen-bond donors (Lipinski definition) is 2. The van der Waals surface area contributed by atoms with Gasteiger partial charge in [-0.2, -0.15) is 5.10 Å². The van der Waals surface area contributed by atoms with Crippen molar-refractivity contribution in [3.63, 3.8) is 0 Å². The highest BCUT2D eigenvalue weighted by Crippen LogP contribution is 2.18. The molecule has 17 heavy (non-hydrogen) atoms. The Labute approximate surface area is 101 Å². The van der Waals surface area contributed by atoms with Crippen molar-refractivity contribution in [2.75, 3.05) is 32.9 Å². The summed E-state index contributed by atoms with van der Waals surface area (Å²) in [6.07, 6.45) is 3.51. The summed E-state index contributed by atoms with van der Waals surface area (Å²) >= 11 is 0. The van der Waals surface area contributed by atoms with Gasteiger partial charge in [-0.15, -0.1) is 0 Å². The molecule has 1 fully saturated rings. The number of H-pyrrole nitrogens is 1. The number of amides is 1. The number of nitrogens with zero attached hydrogens (tertiary/aromatic N) is 3. The molecule has 6 heteroatoms. The largest absolute Gasteiger partial charge is 0.383 e. The molecule has 0 radical (unpaired) electrons. The third kappa shape index (κ3) is 2.41. The van der Waals surface area contributed by atoms with Crippen LogP contribution in [0, 0.1) is 0 Å². The highest BCUT2D eigenvalue weighted by atomic mass is 16.2. The number of nitrogen functional groups attached to an aromatic ring is 1. The van der Waals surface area contributed by atoms with Crippen molar-refractivity contribution in [3.05, 3.63) is 11.8 Å². The maximum atomic E-state index is 12.2. The fraction of sp³-hybridized carbons (Fsp3) is 0.636. The van der Waals surface area contributed by atoms with Gasteiger partial charge in [-0.3, -0.25) is 9.89 Å². The van der Waals surface area contributed by atoms with Gasteiger partial charge in [0.2, 0.25) is 0 Å². The van der Waals surface area contributed by atoms with Crippen molar-refractivity contribution in [2.45, 2.75) is 18.9 Å². The second kappa shape index (κ2) is 4.75. The zero-order valence-corrected chi connectivity index (χ0v) is 10.3. The molecule has 2 rings (SSSR count). The minimum absolute atomic E-state index is 0.0502. The van der Waals surface area contributed by atoms with E-state index in [-0.39, 0.29) is 5.91 Å². The van der Waals surface area contributed by atoms with Crippen LogP contribution in [0.15, 0.2) is 6.20 Å². The Morgan fingerprint density at radius 1 is 1.59 bits per heavy atom. The summed E-state index contributed by atoms with van der Waals surface area (Å²) in [4.78, 5) is 16.2. The van der Waals surface area contributed by atoms with E-state index >= 15 is 0 Å². The van der Waals surface area contributed by atoms with Crippen molar-refractivity contribution in [3.8, 4) is 0 Å². The quantitative estimate of drug-likeness (QED) is 0.768. The van der Waals surface area contributed by atoms with E-state index in [1.807, 2.05) is 7.05 Å². The highest BCUT2D eigenvalue weighted by Gasteiger charge is 2.26. The van der Waals surface area contributed by atoms with E-state index in [9.17, 15) is 4.79 Å². The Bertz CT molecular complexity index is 394. The van der Waals surface area contributed by atoms with Gasteiger partial charge in [0.1, 0.15) is 11.4 Å². The molecule has 0 unspecified atom stereocenters. The summed E-state index contributed by atoms with van der Waals surface area (Å²) < 4.78 is 0. The maximum absolute atomic E-state index is 12.2. The lowest BCUT2D eigenvalue weighted by Gasteiger charge is -2.35. The van der Waals surface area contributed by atoms with E-state index in [1.54, 1.807) is 4.90 Å². The number of carbonyl (C=O) groups excluding carboxylic acids is 1. The lowest BCUT2D eigenvalue weighted by molar-refractivity contribution is 0.0660. The molecule has 1 amide bonds. The van der Waals surface area contributed by atoms with Gasteiger partial charge in [0.25, 0.3) is 5.91 Å². The molecule has 3 N–H and O–H groups in total. The monoisotopic (exact) mass is 237 g/mol. The molecule has 0 bridgehead atoms. The molecule has 1 aliphatic heterocycles. The van der Waals surface area contributed by atoms with E-state index < -0.39 is 0 Å². The maximum Gasteiger partial charge on any atom is 0.259 e. The topological polar surface area (TPSA) is 78.2 Å². The van der Waals surface area contributed by atoms with E-state index in [4.69, 9.17) is 5.73 Å². The van der Waals surface area contributed by atoms with E-state index in [0.717, 1.165) is 25.9 Å². The number of carbonyl (C=O) groups is 1. The van der Waals surface area contributed by atoms with Gasteiger partial charge < -0.3 is 15.5 Å². The number of nitrogens with two attached hydrogens (primary N) is 1. The van der Waals surface area contributed by atoms with Crippen molar-refractivity contribution in [1.82, 2.24) is 20.0 Å². The molecule has 0 spiro atoms. The Morgan fingerprint density at radius 2 is 2.24 bits per heavy atom. The highest BCUT2D eigenvalue weighted by molar-refractivity contribution is 5.98. The Hall–Kier alpha value is -1.56. The first-order valence-corrected chi connectivity index (χ1v) is 5.84. The van der Waals surface area contributed by atoms with Crippen LogP contribution in [-0.4, -0.2) is 59.1 Å². The third-order valence-corrected chi connectivity index (χ3v) is 3.46. The Balaban J connectivity index is 2.03. The molecule has 2 heterocycles. The lowest BCUT2D eigenvalue weighted by atomic mass is 10.0. The van der Waals surface area contributed by atoms with Crippen molar-refractivity contribution < 1.29 is 4.79 Å². The van der Waals surface area contributed by atoms with E-state index in [2.05, 4.69) is 22.1 Å². The number of likely N-dealkylation sites (tertiary alicyclic amines) is 1. The van der Waals surface area contributed by atoms with Crippen molar-refractivity contribution >= 4 is 11.7 Å². The van der Waals surface area contributed by atoms with Crippen LogP contribution in [0.1, 0.15) is 23.2 Å². The normalized spacial score (nSPS) is 18.2. The van der Waals surface area contributed by atoms with Crippen LogP contribution in [0.4, 0.5) is 5.82 Å². The first-order chi connectivity index (χ1) is 8.09. The summed E-state index contributed by atoms with van der Waals surface area (Å²) in [5, 5.41) is 6.36. The first kappa shape index (κ1) is 11.9. The summed E-state index contributed by atoms with van der Waals surface area (Å²) in [6, 6.07) is 0.299.